The van der Waals surface area contributed by atoms with E-state index in [0.29, 0.717) is 17.4 Å². The van der Waals surface area contributed by atoms with Crippen molar-refractivity contribution in [3.63, 3.8) is 0 Å². The number of nitrogens with zero attached hydrogens (tertiary/aromatic N) is 1. The summed E-state index contributed by atoms with van der Waals surface area (Å²) in [7, 11) is 0. The Balaban J connectivity index is 1.71. The molecule has 1 amide bonds. The molecule has 0 aliphatic heterocycles. The Morgan fingerprint density at radius 2 is 1.72 bits per heavy atom. The summed E-state index contributed by atoms with van der Waals surface area (Å²) in [4.78, 5) is 11.7. The number of hydrogen-bond donors (Lipinski definition) is 1. The lowest BCUT2D eigenvalue weighted by Gasteiger charge is -2.07. The summed E-state index contributed by atoms with van der Waals surface area (Å²) >= 11 is 5.80. The maximum atomic E-state index is 11.7. The fraction of sp³-hybridized carbons (Fsp3) is 0.263. The zero-order chi connectivity index (χ0) is 17.9. The van der Waals surface area contributed by atoms with E-state index in [9.17, 15) is 4.79 Å². The lowest BCUT2D eigenvalue weighted by Crippen LogP contribution is -2.24. The normalized spacial score (nSPS) is 10.6. The lowest BCUT2D eigenvalue weighted by atomic mass is 10.2. The minimum atomic E-state index is -0.339. The third kappa shape index (κ3) is 7.27. The van der Waals surface area contributed by atoms with Crippen LogP contribution in [0.25, 0.3) is 0 Å². The molecule has 0 spiro atoms. The second kappa shape index (κ2) is 10.4. The molecule has 0 aromatic heterocycles. The SMILES string of the molecule is CCCCOc1ccc(OCC(=O)N/N=C/c2ccc(Cl)cc2)cc1. The van der Waals surface area contributed by atoms with Crippen molar-refractivity contribution in [2.75, 3.05) is 13.2 Å². The number of rotatable bonds is 9. The molecule has 0 saturated carbocycles. The molecule has 0 unspecified atom stereocenters. The van der Waals surface area contributed by atoms with Gasteiger partial charge in [-0.3, -0.25) is 4.79 Å². The third-order valence-electron chi connectivity index (χ3n) is 3.23. The number of nitrogens with one attached hydrogen (secondary N) is 1. The summed E-state index contributed by atoms with van der Waals surface area (Å²) in [5, 5.41) is 4.52. The average molecular weight is 361 g/mol. The van der Waals surface area contributed by atoms with Crippen LogP contribution in [0.2, 0.25) is 5.02 Å². The van der Waals surface area contributed by atoms with Crippen LogP contribution in [-0.2, 0) is 4.79 Å². The average Bonchev–Trinajstić information content (AvgIpc) is 2.63. The van der Waals surface area contributed by atoms with Gasteiger partial charge in [0.2, 0.25) is 0 Å². The van der Waals surface area contributed by atoms with E-state index < -0.39 is 0 Å². The number of ether oxygens (including phenoxy) is 2. The predicted octanol–water partition coefficient (Wildman–Crippen LogP) is 4.05. The van der Waals surface area contributed by atoms with Gasteiger partial charge in [-0.2, -0.15) is 5.10 Å². The molecule has 0 heterocycles. The van der Waals surface area contributed by atoms with Gasteiger partial charge < -0.3 is 9.47 Å². The third-order valence-corrected chi connectivity index (χ3v) is 3.49. The molecule has 0 saturated heterocycles. The van der Waals surface area contributed by atoms with E-state index in [-0.39, 0.29) is 12.5 Å². The quantitative estimate of drug-likeness (QED) is 0.417. The second-order valence-electron chi connectivity index (χ2n) is 5.31. The van der Waals surface area contributed by atoms with Crippen LogP contribution in [-0.4, -0.2) is 25.3 Å². The van der Waals surface area contributed by atoms with Gasteiger partial charge in [-0.25, -0.2) is 5.43 Å². The van der Waals surface area contributed by atoms with Crippen LogP contribution < -0.4 is 14.9 Å². The molecule has 0 fully saturated rings. The predicted molar refractivity (Wildman–Crippen MR) is 99.5 cm³/mol. The van der Waals surface area contributed by atoms with Crippen molar-refractivity contribution >= 4 is 23.7 Å². The van der Waals surface area contributed by atoms with E-state index >= 15 is 0 Å². The van der Waals surface area contributed by atoms with Gasteiger partial charge in [0.25, 0.3) is 5.91 Å². The van der Waals surface area contributed by atoms with Crippen LogP contribution >= 0.6 is 11.6 Å². The van der Waals surface area contributed by atoms with E-state index in [2.05, 4.69) is 17.5 Å². The van der Waals surface area contributed by atoms with Gasteiger partial charge in [-0.05, 0) is 48.4 Å². The topological polar surface area (TPSA) is 59.9 Å². The Kier molecular flexibility index (Phi) is 7.79. The molecule has 0 aliphatic carbocycles. The molecule has 0 bridgehead atoms. The van der Waals surface area contributed by atoms with Gasteiger partial charge >= 0.3 is 0 Å². The molecule has 5 nitrogen and oxygen atoms in total. The summed E-state index contributed by atoms with van der Waals surface area (Å²) in [5.74, 6) is 1.05. The largest absolute Gasteiger partial charge is 0.494 e. The van der Waals surface area contributed by atoms with Crippen LogP contribution in [0.4, 0.5) is 0 Å². The van der Waals surface area contributed by atoms with Gasteiger partial charge in [0.1, 0.15) is 11.5 Å². The summed E-state index contributed by atoms with van der Waals surface area (Å²) in [6, 6.07) is 14.3. The zero-order valence-corrected chi connectivity index (χ0v) is 14.8. The van der Waals surface area contributed by atoms with E-state index in [4.69, 9.17) is 21.1 Å². The smallest absolute Gasteiger partial charge is 0.277 e. The first kappa shape index (κ1) is 18.8. The molecule has 1 N–H and O–H groups in total. The first-order valence-corrected chi connectivity index (χ1v) is 8.48. The Morgan fingerprint density at radius 3 is 2.36 bits per heavy atom. The van der Waals surface area contributed by atoms with Crippen molar-refractivity contribution in [3.8, 4) is 11.5 Å². The second-order valence-corrected chi connectivity index (χ2v) is 5.74. The maximum Gasteiger partial charge on any atom is 0.277 e. The van der Waals surface area contributed by atoms with Crippen LogP contribution in [0.3, 0.4) is 0 Å². The van der Waals surface area contributed by atoms with Gasteiger partial charge in [0.15, 0.2) is 6.61 Å². The van der Waals surface area contributed by atoms with Crippen LogP contribution in [0.1, 0.15) is 25.3 Å². The van der Waals surface area contributed by atoms with Crippen LogP contribution in [0.15, 0.2) is 53.6 Å². The van der Waals surface area contributed by atoms with Crippen LogP contribution in [0.5, 0.6) is 11.5 Å². The highest BCUT2D eigenvalue weighted by molar-refractivity contribution is 6.30. The molecular weight excluding hydrogens is 340 g/mol. The number of hydrogen-bond acceptors (Lipinski definition) is 4. The number of amides is 1. The van der Waals surface area contributed by atoms with Crippen molar-refractivity contribution in [1.82, 2.24) is 5.43 Å². The van der Waals surface area contributed by atoms with Gasteiger partial charge in [0.05, 0.1) is 12.8 Å². The Labute approximate surface area is 152 Å². The lowest BCUT2D eigenvalue weighted by molar-refractivity contribution is -0.123. The van der Waals surface area contributed by atoms with Crippen molar-refractivity contribution in [2.24, 2.45) is 5.10 Å². The molecule has 2 aromatic rings. The molecule has 132 valence electrons. The molecule has 6 heteroatoms. The summed E-state index contributed by atoms with van der Waals surface area (Å²) in [5.41, 5.74) is 3.25. The fourth-order valence-electron chi connectivity index (χ4n) is 1.88. The minimum Gasteiger partial charge on any atom is -0.494 e. The van der Waals surface area contributed by atoms with Crippen molar-refractivity contribution in [2.45, 2.75) is 19.8 Å². The molecule has 0 radical (unpaired) electrons. The van der Waals surface area contributed by atoms with Crippen LogP contribution in [0, 0.1) is 0 Å². The van der Waals surface area contributed by atoms with Crippen molar-refractivity contribution in [1.29, 1.82) is 0 Å². The van der Waals surface area contributed by atoms with Gasteiger partial charge in [0, 0.05) is 5.02 Å². The highest BCUT2D eigenvalue weighted by Crippen LogP contribution is 2.17. The van der Waals surface area contributed by atoms with Crippen molar-refractivity contribution in [3.05, 3.63) is 59.1 Å². The minimum absolute atomic E-state index is 0.117. The molecule has 2 rings (SSSR count). The maximum absolute atomic E-state index is 11.7. The Morgan fingerprint density at radius 1 is 1.08 bits per heavy atom. The molecular formula is C19H21ClN2O3. The van der Waals surface area contributed by atoms with Gasteiger partial charge in [-0.1, -0.05) is 37.1 Å². The van der Waals surface area contributed by atoms with E-state index in [0.717, 1.165) is 24.2 Å². The molecule has 25 heavy (non-hydrogen) atoms. The molecule has 0 atom stereocenters. The number of hydrazone groups is 1. The Bertz CT molecular complexity index is 685. The standard InChI is InChI=1S/C19H21ClN2O3/c1-2-3-12-24-17-8-10-18(11-9-17)25-14-19(23)22-21-13-15-4-6-16(20)7-5-15/h4-11,13H,2-3,12,14H2,1H3,(H,22,23)/b21-13+. The van der Waals surface area contributed by atoms with E-state index in [1.807, 2.05) is 12.1 Å². The Hall–Kier alpha value is -2.53. The number of halogens is 1. The van der Waals surface area contributed by atoms with E-state index in [1.54, 1.807) is 36.4 Å². The number of unbranched alkanes of at least 4 members (excludes halogenated alkanes) is 1. The monoisotopic (exact) mass is 360 g/mol. The van der Waals surface area contributed by atoms with Crippen molar-refractivity contribution < 1.29 is 14.3 Å². The summed E-state index contributed by atoms with van der Waals surface area (Å²) in [6.45, 7) is 2.70. The first-order chi connectivity index (χ1) is 12.2. The first-order valence-electron chi connectivity index (χ1n) is 8.10. The zero-order valence-electron chi connectivity index (χ0n) is 14.1. The highest BCUT2D eigenvalue weighted by atomic mass is 35.5. The molecule has 0 aliphatic rings. The summed E-state index contributed by atoms with van der Waals surface area (Å²) in [6.07, 6.45) is 3.66. The van der Waals surface area contributed by atoms with Gasteiger partial charge in [-0.15, -0.1) is 0 Å². The summed E-state index contributed by atoms with van der Waals surface area (Å²) < 4.78 is 11.0. The highest BCUT2D eigenvalue weighted by Gasteiger charge is 2.02. The number of benzene rings is 2. The van der Waals surface area contributed by atoms with E-state index in [1.165, 1.54) is 6.21 Å². The number of carbonyl (C=O) groups excluding carboxylic acids is 1. The number of carbonyl (C=O) groups is 1. The fourth-order valence-corrected chi connectivity index (χ4v) is 2.00. The molecule has 2 aromatic carbocycles.